The Hall–Kier alpha value is -15.8. The summed E-state index contributed by atoms with van der Waals surface area (Å²) in [4.78, 5) is 22.0. The third-order valence-electron chi connectivity index (χ3n) is 17.2. The molecule has 13 rings (SSSR count). The van der Waals surface area contributed by atoms with Gasteiger partial charge in [0.15, 0.2) is 34.1 Å². The fraction of sp³-hybridized carbons (Fsp3) is 0.0247. The summed E-state index contributed by atoms with van der Waals surface area (Å²) in [6.45, 7) is 49.9. The van der Waals surface area contributed by atoms with E-state index in [9.17, 15) is 50.0 Å². The van der Waals surface area contributed by atoms with Crippen LogP contribution in [0.3, 0.4) is 0 Å². The van der Waals surface area contributed by atoms with Gasteiger partial charge in [0.1, 0.15) is 0 Å². The number of nitriles is 7. The molecule has 0 aliphatic carbocycles. The van der Waals surface area contributed by atoms with Crippen LogP contribution in [0.2, 0.25) is 0 Å². The number of benzene rings is 11. The van der Waals surface area contributed by atoms with Gasteiger partial charge in [-0.25, -0.2) is 29.1 Å². The Morgan fingerprint density at radius 1 is 0.323 bits per heavy atom. The van der Waals surface area contributed by atoms with Gasteiger partial charge in [-0.2, -0.15) is 50.0 Å². The fourth-order valence-corrected chi connectivity index (χ4v) is 13.1. The predicted octanol–water partition coefficient (Wildman–Crippen LogP) is 21.6. The number of nitrogens with zero attached hydrogens (tertiary/aromatic N) is 15. The van der Waals surface area contributed by atoms with Crippen molar-refractivity contribution in [2.75, 3.05) is 0 Å². The number of hydrogen-bond donors (Lipinski definition) is 0. The lowest BCUT2D eigenvalue weighted by molar-refractivity contribution is -0.137. The molecule has 0 radical (unpaired) electrons. The van der Waals surface area contributed by atoms with E-state index in [4.69, 9.17) is 39.4 Å². The molecule has 18 heteroatoms. The summed E-state index contributed by atoms with van der Waals surface area (Å²) in [5, 5.41) is 75.0. The molecule has 0 unspecified atom stereocenters. The van der Waals surface area contributed by atoms with Gasteiger partial charge in [0, 0.05) is 66.1 Å². The van der Waals surface area contributed by atoms with Crippen LogP contribution in [0.15, 0.2) is 176 Å². The largest absolute Gasteiger partial charge is 0.416 e. The van der Waals surface area contributed by atoms with E-state index in [1.807, 2.05) is 21.3 Å². The van der Waals surface area contributed by atoms with Crippen molar-refractivity contribution in [3.63, 3.8) is 0 Å². The SMILES string of the molecule is [C-]#[N+]c1cc(C#N)c(-c2ccc3c(c2)c2cc(-c4c(C#N)cc([N+]#[C-])cc4[N+]#[C-])ccc2n3-c2cc(-c3cc(C)cc(C(F)(F)F)c3)ccc2-c2ccc(C#N)cc2-n2c3ccc(-c4c(C#N)cc(C#N)cc4[N+]#[C-])cc3c3cc(-c4c([N+]#[C-])cc(C#N)cc4[N+]#[C-])ccc32)c(C#N)c1. The minimum Gasteiger partial charge on any atom is -0.309 e. The lowest BCUT2D eigenvalue weighted by Crippen LogP contribution is -2.05. The van der Waals surface area contributed by atoms with Gasteiger partial charge in [-0.1, -0.05) is 54.6 Å². The summed E-state index contributed by atoms with van der Waals surface area (Å²) in [5.74, 6) is 0. The third-order valence-corrected chi connectivity index (χ3v) is 17.2. The van der Waals surface area contributed by atoms with Crippen molar-refractivity contribution in [3.05, 3.63) is 294 Å². The van der Waals surface area contributed by atoms with Gasteiger partial charge in [-0.3, -0.25) is 0 Å². The number of hydrogen-bond acceptors (Lipinski definition) is 7. The maximum atomic E-state index is 14.9. The van der Waals surface area contributed by atoms with Crippen LogP contribution in [0.1, 0.15) is 50.1 Å². The highest BCUT2D eigenvalue weighted by Crippen LogP contribution is 2.49. The first-order valence-electron chi connectivity index (χ1n) is 29.4. The zero-order valence-electron chi connectivity index (χ0n) is 51.1. The van der Waals surface area contributed by atoms with E-state index in [1.54, 1.807) is 122 Å². The van der Waals surface area contributed by atoms with Crippen LogP contribution in [-0.2, 0) is 6.18 Å². The van der Waals surface area contributed by atoms with Crippen molar-refractivity contribution < 1.29 is 13.2 Å². The molecule has 0 N–H and O–H groups in total. The summed E-state index contributed by atoms with van der Waals surface area (Å²) in [5.41, 5.74) is 6.90. The molecule has 0 spiro atoms. The summed E-state index contributed by atoms with van der Waals surface area (Å²) in [6.07, 6.45) is -4.74. The Kier molecular flexibility index (Phi) is 15.2. The number of aryl methyl sites for hydroxylation is 1. The first-order valence-corrected chi connectivity index (χ1v) is 29.4. The average molecular weight is 1270 g/mol. The first-order chi connectivity index (χ1) is 48.0. The van der Waals surface area contributed by atoms with Gasteiger partial charge in [0.2, 0.25) is 0 Å². The number of alkyl halides is 3. The second kappa shape index (κ2) is 24.3. The first kappa shape index (κ1) is 62.0. The topological polar surface area (TPSA) is 203 Å². The molecule has 99 heavy (non-hydrogen) atoms. The normalized spacial score (nSPS) is 10.7. The van der Waals surface area contributed by atoms with Crippen LogP contribution < -0.4 is 0 Å². The van der Waals surface area contributed by atoms with E-state index in [-0.39, 0.29) is 101 Å². The molecule has 0 bridgehead atoms. The van der Waals surface area contributed by atoms with E-state index in [1.165, 1.54) is 48.5 Å². The molecule has 2 heterocycles. The van der Waals surface area contributed by atoms with Crippen LogP contribution in [-0.4, -0.2) is 9.13 Å². The lowest BCUT2D eigenvalue weighted by atomic mass is 9.93. The second-order valence-corrected chi connectivity index (χ2v) is 22.7. The number of rotatable bonds is 8. The summed E-state index contributed by atoms with van der Waals surface area (Å²) in [7, 11) is 0. The highest BCUT2D eigenvalue weighted by Gasteiger charge is 2.32. The van der Waals surface area contributed by atoms with Gasteiger partial charge in [0.05, 0.1) is 143 Å². The molecule has 0 atom stereocenters. The number of halogens is 3. The highest BCUT2D eigenvalue weighted by molar-refractivity contribution is 6.15. The molecule has 0 fully saturated rings. The van der Waals surface area contributed by atoms with Gasteiger partial charge >= 0.3 is 6.18 Å². The Morgan fingerprint density at radius 3 is 1.13 bits per heavy atom. The standard InChI is InChI=1S/C81H32F3N15/c1-44-20-53(27-58(21-44)81(82,83)84)48-9-15-62(76(35-48)99-73-16-10-49(77-55(41-89)28-59(92-2)29-56(77)42-90)31-63(73)64-33-51(12-18-74(64)99)79-57(43-91)30-60(93-3)36-70(79)97-7)61-14-8-45(37-85)26-75(61)98-71-17-11-50(78-54(40-88)22-46(38-86)23-67(78)94-4)32-65(71)66-34-52(13-19-72(66)98)80-68(95-5)24-47(39-87)25-69(80)96-6/h8-36H,1H3. The van der Waals surface area contributed by atoms with E-state index in [2.05, 4.69) is 59.4 Å². The quantitative estimate of drug-likeness (QED) is 0.135. The van der Waals surface area contributed by atoms with Gasteiger partial charge in [-0.15, -0.1) is 0 Å². The number of fused-ring (bicyclic) bond motifs is 6. The monoisotopic (exact) mass is 1270 g/mol. The smallest absolute Gasteiger partial charge is 0.309 e. The van der Waals surface area contributed by atoms with Crippen molar-refractivity contribution in [2.45, 2.75) is 13.1 Å². The van der Waals surface area contributed by atoms with E-state index in [0.29, 0.717) is 99.5 Å². The molecule has 0 saturated heterocycles. The highest BCUT2D eigenvalue weighted by atomic mass is 19.4. The summed E-state index contributed by atoms with van der Waals surface area (Å²) in [6, 6.07) is 61.0. The molecule has 11 aromatic carbocycles. The van der Waals surface area contributed by atoms with Crippen LogP contribution in [0.5, 0.6) is 0 Å². The van der Waals surface area contributed by atoms with Crippen molar-refractivity contribution >= 4 is 77.7 Å². The van der Waals surface area contributed by atoms with Crippen molar-refractivity contribution in [2.24, 2.45) is 0 Å². The van der Waals surface area contributed by atoms with Crippen LogP contribution in [0.25, 0.3) is 151 Å². The molecule has 0 saturated carbocycles. The molecule has 452 valence electrons. The van der Waals surface area contributed by atoms with Gasteiger partial charge < -0.3 is 9.13 Å². The lowest BCUT2D eigenvalue weighted by Gasteiger charge is -2.20. The maximum absolute atomic E-state index is 14.9. The minimum absolute atomic E-state index is 0.0167. The molecule has 0 aliphatic heterocycles. The Bertz CT molecular complexity index is 6040. The fourth-order valence-electron chi connectivity index (χ4n) is 13.1. The second-order valence-electron chi connectivity index (χ2n) is 22.7. The zero-order chi connectivity index (χ0) is 69.7. The summed E-state index contributed by atoms with van der Waals surface area (Å²) < 4.78 is 48.4. The van der Waals surface area contributed by atoms with E-state index in [0.717, 1.165) is 12.1 Å². The van der Waals surface area contributed by atoms with E-state index >= 15 is 0 Å². The summed E-state index contributed by atoms with van der Waals surface area (Å²) >= 11 is 0. The molecule has 0 aliphatic rings. The van der Waals surface area contributed by atoms with Crippen molar-refractivity contribution in [1.82, 2.24) is 9.13 Å². The minimum atomic E-state index is -4.74. The van der Waals surface area contributed by atoms with Crippen molar-refractivity contribution in [1.29, 1.82) is 36.8 Å². The molecular weight excluding hydrogens is 1240 g/mol. The van der Waals surface area contributed by atoms with Gasteiger partial charge in [0.25, 0.3) is 0 Å². The molecular formula is C81H32F3N15. The zero-order valence-corrected chi connectivity index (χ0v) is 51.1. The number of aromatic nitrogens is 2. The van der Waals surface area contributed by atoms with Crippen LogP contribution >= 0.6 is 0 Å². The average Bonchev–Trinajstić information content (AvgIpc) is 1.58. The maximum Gasteiger partial charge on any atom is 0.416 e. The Morgan fingerprint density at radius 2 is 0.697 bits per heavy atom. The Balaban J connectivity index is 1.17. The van der Waals surface area contributed by atoms with Crippen LogP contribution in [0.4, 0.5) is 47.3 Å². The van der Waals surface area contributed by atoms with Crippen molar-refractivity contribution in [3.8, 4) is 121 Å². The third kappa shape index (κ3) is 10.3. The Labute approximate surface area is 562 Å². The predicted molar refractivity (Wildman–Crippen MR) is 368 cm³/mol. The molecule has 15 nitrogen and oxygen atoms in total. The molecule has 13 aromatic rings. The van der Waals surface area contributed by atoms with E-state index < -0.39 is 11.7 Å². The van der Waals surface area contributed by atoms with Crippen LogP contribution in [0, 0.1) is 126 Å². The molecule has 0 amide bonds. The van der Waals surface area contributed by atoms with Gasteiger partial charge in [-0.05, 0) is 173 Å². The molecule has 2 aromatic heterocycles.